The molecule has 0 aliphatic rings. The Labute approximate surface area is 89.9 Å². The molecule has 1 heterocycles. The molecule has 0 spiro atoms. The third-order valence-electron chi connectivity index (χ3n) is 2.04. The van der Waals surface area contributed by atoms with Crippen LogP contribution in [0.2, 0.25) is 0 Å². The predicted molar refractivity (Wildman–Crippen MR) is 63.7 cm³/mol. The second-order valence-corrected chi connectivity index (χ2v) is 4.74. The lowest BCUT2D eigenvalue weighted by Crippen LogP contribution is -2.00. The molecule has 0 bridgehead atoms. The van der Waals surface area contributed by atoms with Crippen LogP contribution in [0.25, 0.3) is 0 Å². The average molecular weight is 213 g/mol. The van der Waals surface area contributed by atoms with Crippen LogP contribution in [-0.4, -0.2) is 10.9 Å². The van der Waals surface area contributed by atoms with Gasteiger partial charge in [-0.15, -0.1) is 0 Å². The van der Waals surface area contributed by atoms with Crippen LogP contribution in [0.4, 0.5) is 10.8 Å². The van der Waals surface area contributed by atoms with Crippen LogP contribution >= 0.6 is 11.5 Å². The van der Waals surface area contributed by atoms with E-state index in [1.54, 1.807) is 0 Å². The number of nitrogens with two attached hydrogens (primary N) is 1. The van der Waals surface area contributed by atoms with Gasteiger partial charge < -0.3 is 11.1 Å². The lowest BCUT2D eigenvalue weighted by molar-refractivity contribution is 0.545. The zero-order chi connectivity index (χ0) is 10.4. The largest absolute Gasteiger partial charge is 0.383 e. The maximum absolute atomic E-state index is 5.51. The summed E-state index contributed by atoms with van der Waals surface area (Å²) in [5, 5.41) is 4.39. The molecule has 14 heavy (non-hydrogen) atoms. The Kier molecular flexibility index (Phi) is 4.73. The molecule has 0 atom stereocenters. The Morgan fingerprint density at radius 2 is 2.29 bits per heavy atom. The molecule has 0 unspecified atom stereocenters. The monoisotopic (exact) mass is 213 g/mol. The molecule has 0 aromatic carbocycles. The lowest BCUT2D eigenvalue weighted by atomic mass is 10.1. The first-order chi connectivity index (χ1) is 6.68. The fourth-order valence-electron chi connectivity index (χ4n) is 1.26. The van der Waals surface area contributed by atoms with E-state index in [-0.39, 0.29) is 0 Å². The lowest BCUT2D eigenvalue weighted by Gasteiger charge is -2.04. The third-order valence-corrected chi connectivity index (χ3v) is 2.80. The molecule has 0 aliphatic heterocycles. The van der Waals surface area contributed by atoms with Crippen LogP contribution in [0, 0.1) is 5.92 Å². The summed E-state index contributed by atoms with van der Waals surface area (Å²) >= 11 is 1.43. The Hall–Kier alpha value is -0.770. The number of rotatable bonds is 6. The minimum absolute atomic E-state index is 0.611. The van der Waals surface area contributed by atoms with Gasteiger partial charge in [0.05, 0.1) is 0 Å². The van der Waals surface area contributed by atoms with Crippen LogP contribution in [0.1, 0.15) is 33.1 Å². The number of hydrogen-bond acceptors (Lipinski definition) is 4. The van der Waals surface area contributed by atoms with Crippen molar-refractivity contribution in [2.75, 3.05) is 17.6 Å². The molecule has 3 nitrogen and oxygen atoms in total. The van der Waals surface area contributed by atoms with Gasteiger partial charge in [0, 0.05) is 12.6 Å². The Morgan fingerprint density at radius 1 is 1.50 bits per heavy atom. The Morgan fingerprint density at radius 3 is 2.86 bits per heavy atom. The second-order valence-electron chi connectivity index (χ2n) is 3.93. The summed E-state index contributed by atoms with van der Waals surface area (Å²) < 4.78 is 4.00. The highest BCUT2D eigenvalue weighted by molar-refractivity contribution is 7.10. The van der Waals surface area contributed by atoms with Gasteiger partial charge in [0.25, 0.3) is 0 Å². The number of nitrogens with one attached hydrogen (secondary N) is 1. The van der Waals surface area contributed by atoms with E-state index in [0.717, 1.165) is 17.5 Å². The van der Waals surface area contributed by atoms with Gasteiger partial charge >= 0.3 is 0 Å². The fourth-order valence-corrected chi connectivity index (χ4v) is 1.86. The van der Waals surface area contributed by atoms with Crippen LogP contribution < -0.4 is 11.1 Å². The second kappa shape index (κ2) is 5.86. The van der Waals surface area contributed by atoms with Crippen molar-refractivity contribution in [3.8, 4) is 0 Å². The van der Waals surface area contributed by atoms with Crippen molar-refractivity contribution in [1.82, 2.24) is 4.37 Å². The topological polar surface area (TPSA) is 50.9 Å². The van der Waals surface area contributed by atoms with Gasteiger partial charge in [0.1, 0.15) is 10.8 Å². The van der Waals surface area contributed by atoms with E-state index < -0.39 is 0 Å². The summed E-state index contributed by atoms with van der Waals surface area (Å²) in [5.41, 5.74) is 5.51. The molecule has 1 aromatic heterocycles. The standard InChI is InChI=1S/C10H19N3S/c1-8(2)5-3-4-6-12-10-7-9(11)13-14-10/h7-8,12H,3-6H2,1-2H3,(H2,11,13). The molecule has 0 saturated carbocycles. The quantitative estimate of drug-likeness (QED) is 0.714. The zero-order valence-corrected chi connectivity index (χ0v) is 9.73. The van der Waals surface area contributed by atoms with Crippen molar-refractivity contribution in [3.63, 3.8) is 0 Å². The van der Waals surface area contributed by atoms with E-state index in [1.165, 1.54) is 30.8 Å². The van der Waals surface area contributed by atoms with Gasteiger partial charge in [0.2, 0.25) is 0 Å². The van der Waals surface area contributed by atoms with Crippen molar-refractivity contribution >= 4 is 22.4 Å². The molecule has 4 heteroatoms. The van der Waals surface area contributed by atoms with E-state index in [4.69, 9.17) is 5.73 Å². The van der Waals surface area contributed by atoms with E-state index in [1.807, 2.05) is 6.07 Å². The maximum atomic E-state index is 5.51. The number of anilines is 2. The molecule has 0 fully saturated rings. The first-order valence-electron chi connectivity index (χ1n) is 5.14. The highest BCUT2D eigenvalue weighted by Gasteiger charge is 1.97. The zero-order valence-electron chi connectivity index (χ0n) is 8.92. The van der Waals surface area contributed by atoms with Crippen molar-refractivity contribution in [1.29, 1.82) is 0 Å². The van der Waals surface area contributed by atoms with Crippen molar-refractivity contribution < 1.29 is 0 Å². The molecule has 80 valence electrons. The smallest absolute Gasteiger partial charge is 0.139 e. The minimum Gasteiger partial charge on any atom is -0.383 e. The van der Waals surface area contributed by atoms with Gasteiger partial charge in [0.15, 0.2) is 0 Å². The summed E-state index contributed by atoms with van der Waals surface area (Å²) in [6.45, 7) is 5.54. The van der Waals surface area contributed by atoms with Crippen LogP contribution in [-0.2, 0) is 0 Å². The average Bonchev–Trinajstić information content (AvgIpc) is 2.50. The molecule has 1 aromatic rings. The molecule has 3 N–H and O–H groups in total. The number of nitrogen functional groups attached to an aromatic ring is 1. The highest BCUT2D eigenvalue weighted by Crippen LogP contribution is 2.17. The minimum atomic E-state index is 0.611. The molecule has 0 amide bonds. The fraction of sp³-hybridized carbons (Fsp3) is 0.700. The Balaban J connectivity index is 2.04. The molecule has 0 aliphatic carbocycles. The molecule has 0 radical (unpaired) electrons. The van der Waals surface area contributed by atoms with Crippen LogP contribution in [0.15, 0.2) is 6.07 Å². The van der Waals surface area contributed by atoms with Gasteiger partial charge in [-0.05, 0) is 23.9 Å². The SMILES string of the molecule is CC(C)CCCCNc1cc(N)ns1. The van der Waals surface area contributed by atoms with Gasteiger partial charge in [-0.3, -0.25) is 0 Å². The van der Waals surface area contributed by atoms with Crippen LogP contribution in [0.3, 0.4) is 0 Å². The van der Waals surface area contributed by atoms with Crippen molar-refractivity contribution in [3.05, 3.63) is 6.07 Å². The van der Waals surface area contributed by atoms with Crippen molar-refractivity contribution in [2.45, 2.75) is 33.1 Å². The summed E-state index contributed by atoms with van der Waals surface area (Å²) in [5.74, 6) is 1.42. The molecular weight excluding hydrogens is 194 g/mol. The Bertz CT molecular complexity index is 258. The normalized spacial score (nSPS) is 10.8. The predicted octanol–water partition coefficient (Wildman–Crippen LogP) is 2.96. The number of aromatic nitrogens is 1. The highest BCUT2D eigenvalue weighted by atomic mass is 32.1. The summed E-state index contributed by atoms with van der Waals surface area (Å²) in [7, 11) is 0. The molecule has 1 rings (SSSR count). The van der Waals surface area contributed by atoms with Crippen LogP contribution in [0.5, 0.6) is 0 Å². The summed E-state index contributed by atoms with van der Waals surface area (Å²) in [6.07, 6.45) is 3.82. The van der Waals surface area contributed by atoms with Gasteiger partial charge in [-0.25, -0.2) is 0 Å². The van der Waals surface area contributed by atoms with Gasteiger partial charge in [-0.2, -0.15) is 4.37 Å². The van der Waals surface area contributed by atoms with E-state index in [2.05, 4.69) is 23.5 Å². The number of unbranched alkanes of at least 4 members (excludes halogenated alkanes) is 1. The molecule has 0 saturated heterocycles. The maximum Gasteiger partial charge on any atom is 0.139 e. The van der Waals surface area contributed by atoms with Gasteiger partial charge in [-0.1, -0.05) is 26.7 Å². The summed E-state index contributed by atoms with van der Waals surface area (Å²) in [6, 6.07) is 1.88. The first-order valence-corrected chi connectivity index (χ1v) is 5.92. The van der Waals surface area contributed by atoms with E-state index >= 15 is 0 Å². The number of nitrogens with zero attached hydrogens (tertiary/aromatic N) is 1. The molecular formula is C10H19N3S. The van der Waals surface area contributed by atoms with E-state index in [9.17, 15) is 0 Å². The third kappa shape index (κ3) is 4.46. The number of hydrogen-bond donors (Lipinski definition) is 2. The first kappa shape index (κ1) is 11.3. The summed E-state index contributed by atoms with van der Waals surface area (Å²) in [4.78, 5) is 0. The van der Waals surface area contributed by atoms with Crippen molar-refractivity contribution in [2.24, 2.45) is 5.92 Å². The van der Waals surface area contributed by atoms with E-state index in [0.29, 0.717) is 5.82 Å².